The Morgan fingerprint density at radius 3 is 3.05 bits per heavy atom. The van der Waals surface area contributed by atoms with Gasteiger partial charge in [-0.1, -0.05) is 0 Å². The van der Waals surface area contributed by atoms with E-state index >= 15 is 0 Å². The van der Waals surface area contributed by atoms with Crippen LogP contribution in [0.15, 0.2) is 24.4 Å². The van der Waals surface area contributed by atoms with Gasteiger partial charge >= 0.3 is 0 Å². The van der Waals surface area contributed by atoms with E-state index in [9.17, 15) is 4.39 Å². The Balaban J connectivity index is 1.81. The van der Waals surface area contributed by atoms with Crippen molar-refractivity contribution >= 4 is 5.82 Å². The number of halogens is 1. The standard InChI is InChI=1S/C13H16FN5/c14-9-3-4-11(16-7-9)12-6-13(18-17-12)19-5-1-2-10(15)8-19/h3-4,6-7,10H,1-2,5,8,15H2,(H,17,18). The summed E-state index contributed by atoms with van der Waals surface area (Å²) in [6.07, 6.45) is 3.35. The molecule has 1 aliphatic heterocycles. The molecule has 0 aromatic carbocycles. The molecule has 0 bridgehead atoms. The van der Waals surface area contributed by atoms with E-state index in [4.69, 9.17) is 5.73 Å². The summed E-state index contributed by atoms with van der Waals surface area (Å²) in [7, 11) is 0. The molecule has 1 saturated heterocycles. The molecule has 19 heavy (non-hydrogen) atoms. The lowest BCUT2D eigenvalue weighted by atomic mass is 10.1. The molecule has 0 saturated carbocycles. The second kappa shape index (κ2) is 4.97. The third-order valence-corrected chi connectivity index (χ3v) is 3.35. The van der Waals surface area contributed by atoms with Gasteiger partial charge in [0.1, 0.15) is 5.82 Å². The summed E-state index contributed by atoms with van der Waals surface area (Å²) < 4.78 is 12.8. The fraction of sp³-hybridized carbons (Fsp3) is 0.385. The molecule has 0 radical (unpaired) electrons. The van der Waals surface area contributed by atoms with Gasteiger partial charge < -0.3 is 10.6 Å². The summed E-state index contributed by atoms with van der Waals surface area (Å²) in [6, 6.07) is 5.16. The highest BCUT2D eigenvalue weighted by Crippen LogP contribution is 2.22. The van der Waals surface area contributed by atoms with E-state index in [0.29, 0.717) is 5.69 Å². The maximum absolute atomic E-state index is 12.8. The smallest absolute Gasteiger partial charge is 0.151 e. The Bertz CT molecular complexity index is 550. The third kappa shape index (κ3) is 2.58. The highest BCUT2D eigenvalue weighted by Gasteiger charge is 2.19. The van der Waals surface area contributed by atoms with E-state index in [1.54, 1.807) is 6.07 Å². The first-order chi connectivity index (χ1) is 9.22. The number of nitrogens with two attached hydrogens (primary N) is 1. The number of hydrogen-bond acceptors (Lipinski definition) is 4. The van der Waals surface area contributed by atoms with Gasteiger partial charge in [-0.3, -0.25) is 10.1 Å². The minimum Gasteiger partial charge on any atom is -0.354 e. The van der Waals surface area contributed by atoms with Crippen molar-refractivity contribution in [3.05, 3.63) is 30.2 Å². The zero-order valence-corrected chi connectivity index (χ0v) is 10.5. The van der Waals surface area contributed by atoms with E-state index in [0.717, 1.165) is 37.4 Å². The number of rotatable bonds is 2. The minimum atomic E-state index is -0.342. The van der Waals surface area contributed by atoms with Gasteiger partial charge in [-0.05, 0) is 25.0 Å². The van der Waals surface area contributed by atoms with Gasteiger partial charge in [-0.15, -0.1) is 0 Å². The second-order valence-corrected chi connectivity index (χ2v) is 4.85. The van der Waals surface area contributed by atoms with Crippen LogP contribution in [-0.4, -0.2) is 34.3 Å². The molecule has 6 heteroatoms. The monoisotopic (exact) mass is 261 g/mol. The number of nitrogens with one attached hydrogen (secondary N) is 1. The molecule has 1 atom stereocenters. The van der Waals surface area contributed by atoms with E-state index in [2.05, 4.69) is 20.1 Å². The average molecular weight is 261 g/mol. The molecule has 0 spiro atoms. The number of anilines is 1. The molecule has 1 unspecified atom stereocenters. The van der Waals surface area contributed by atoms with E-state index in [1.165, 1.54) is 12.3 Å². The van der Waals surface area contributed by atoms with Gasteiger partial charge in [0.2, 0.25) is 0 Å². The fourth-order valence-corrected chi connectivity index (χ4v) is 2.36. The zero-order valence-electron chi connectivity index (χ0n) is 10.5. The summed E-state index contributed by atoms with van der Waals surface area (Å²) in [4.78, 5) is 6.20. The first-order valence-corrected chi connectivity index (χ1v) is 6.40. The summed E-state index contributed by atoms with van der Waals surface area (Å²) in [5.41, 5.74) is 7.43. The Hall–Kier alpha value is -1.95. The first kappa shape index (κ1) is 12.1. The SMILES string of the molecule is NC1CCCN(c2cc(-c3ccc(F)cn3)[nH]n2)C1. The van der Waals surface area contributed by atoms with Crippen LogP contribution in [0, 0.1) is 5.82 Å². The molecule has 3 N–H and O–H groups in total. The van der Waals surface area contributed by atoms with Gasteiger partial charge in [0.15, 0.2) is 5.82 Å². The van der Waals surface area contributed by atoms with Gasteiger partial charge in [-0.2, -0.15) is 5.10 Å². The van der Waals surface area contributed by atoms with Crippen LogP contribution in [0.1, 0.15) is 12.8 Å². The third-order valence-electron chi connectivity index (χ3n) is 3.35. The van der Waals surface area contributed by atoms with E-state index in [-0.39, 0.29) is 11.9 Å². The summed E-state index contributed by atoms with van der Waals surface area (Å²) in [6.45, 7) is 1.79. The molecule has 2 aromatic heterocycles. The van der Waals surface area contributed by atoms with Crippen LogP contribution < -0.4 is 10.6 Å². The van der Waals surface area contributed by atoms with Crippen molar-refractivity contribution in [2.45, 2.75) is 18.9 Å². The molecule has 3 rings (SSSR count). The predicted molar refractivity (Wildman–Crippen MR) is 71.2 cm³/mol. The van der Waals surface area contributed by atoms with Crippen molar-refractivity contribution < 1.29 is 4.39 Å². The van der Waals surface area contributed by atoms with E-state index < -0.39 is 0 Å². The van der Waals surface area contributed by atoms with Crippen molar-refractivity contribution in [2.75, 3.05) is 18.0 Å². The number of aromatic nitrogens is 3. The molecule has 1 fully saturated rings. The van der Waals surface area contributed by atoms with E-state index in [1.807, 2.05) is 6.07 Å². The Labute approximate surface area is 110 Å². The largest absolute Gasteiger partial charge is 0.354 e. The summed E-state index contributed by atoms with van der Waals surface area (Å²) in [5, 5.41) is 7.22. The Kier molecular flexibility index (Phi) is 3.16. The lowest BCUT2D eigenvalue weighted by Gasteiger charge is -2.30. The van der Waals surface area contributed by atoms with Gasteiger partial charge in [-0.25, -0.2) is 4.39 Å². The Morgan fingerprint density at radius 2 is 2.32 bits per heavy atom. The maximum atomic E-state index is 12.8. The van der Waals surface area contributed by atoms with Crippen LogP contribution in [0.4, 0.5) is 10.2 Å². The normalized spacial score (nSPS) is 19.7. The van der Waals surface area contributed by atoms with Crippen LogP contribution in [0.25, 0.3) is 11.4 Å². The average Bonchev–Trinajstić information content (AvgIpc) is 2.89. The second-order valence-electron chi connectivity index (χ2n) is 4.85. The van der Waals surface area contributed by atoms with Crippen LogP contribution in [-0.2, 0) is 0 Å². The molecule has 2 aromatic rings. The molecule has 0 amide bonds. The van der Waals surface area contributed by atoms with Crippen LogP contribution in [0.2, 0.25) is 0 Å². The number of nitrogens with zero attached hydrogens (tertiary/aromatic N) is 3. The van der Waals surface area contributed by atoms with Crippen molar-refractivity contribution in [3.8, 4) is 11.4 Å². The molecule has 0 aliphatic carbocycles. The van der Waals surface area contributed by atoms with Crippen LogP contribution in [0.5, 0.6) is 0 Å². The van der Waals surface area contributed by atoms with Crippen molar-refractivity contribution in [2.24, 2.45) is 5.73 Å². The zero-order chi connectivity index (χ0) is 13.2. The quantitative estimate of drug-likeness (QED) is 0.860. The highest BCUT2D eigenvalue weighted by molar-refractivity contribution is 5.59. The lowest BCUT2D eigenvalue weighted by Crippen LogP contribution is -2.43. The molecule has 100 valence electrons. The number of pyridine rings is 1. The lowest BCUT2D eigenvalue weighted by molar-refractivity contribution is 0.503. The van der Waals surface area contributed by atoms with Gasteiger partial charge in [0, 0.05) is 25.2 Å². The van der Waals surface area contributed by atoms with Crippen molar-refractivity contribution in [1.82, 2.24) is 15.2 Å². The van der Waals surface area contributed by atoms with Gasteiger partial charge in [0.05, 0.1) is 17.6 Å². The summed E-state index contributed by atoms with van der Waals surface area (Å²) in [5.74, 6) is 0.529. The molecule has 1 aliphatic rings. The Morgan fingerprint density at radius 1 is 1.42 bits per heavy atom. The molecule has 5 nitrogen and oxygen atoms in total. The molecular formula is C13H16FN5. The fourth-order valence-electron chi connectivity index (χ4n) is 2.36. The molecular weight excluding hydrogens is 245 g/mol. The topological polar surface area (TPSA) is 70.8 Å². The molecule has 3 heterocycles. The van der Waals surface area contributed by atoms with Crippen LogP contribution in [0.3, 0.4) is 0 Å². The number of H-pyrrole nitrogens is 1. The highest BCUT2D eigenvalue weighted by atomic mass is 19.1. The minimum absolute atomic E-state index is 0.206. The first-order valence-electron chi connectivity index (χ1n) is 6.40. The van der Waals surface area contributed by atoms with Gasteiger partial charge in [0.25, 0.3) is 0 Å². The summed E-state index contributed by atoms with van der Waals surface area (Å²) >= 11 is 0. The maximum Gasteiger partial charge on any atom is 0.151 e. The number of piperidine rings is 1. The number of aromatic amines is 1. The van der Waals surface area contributed by atoms with Crippen LogP contribution >= 0.6 is 0 Å². The predicted octanol–water partition coefficient (Wildman–Crippen LogP) is 1.54. The van der Waals surface area contributed by atoms with Crippen molar-refractivity contribution in [3.63, 3.8) is 0 Å². The van der Waals surface area contributed by atoms with Crippen molar-refractivity contribution in [1.29, 1.82) is 0 Å². The number of hydrogen-bond donors (Lipinski definition) is 2.